The lowest BCUT2D eigenvalue weighted by molar-refractivity contribution is -0.114. The number of terminal acetylenes is 1. The third kappa shape index (κ3) is 3.25. The molecular formula is C9H12N4O3S2. The van der Waals surface area contributed by atoms with Gasteiger partial charge in [-0.05, 0) is 0 Å². The van der Waals surface area contributed by atoms with Gasteiger partial charge in [0.25, 0.3) is 10.0 Å². The Morgan fingerprint density at radius 2 is 2.22 bits per heavy atom. The molecule has 0 saturated heterocycles. The molecule has 0 atom stereocenters. The van der Waals surface area contributed by atoms with E-state index in [9.17, 15) is 13.2 Å². The van der Waals surface area contributed by atoms with E-state index in [1.54, 1.807) is 6.92 Å². The van der Waals surface area contributed by atoms with Crippen LogP contribution in [0.25, 0.3) is 0 Å². The highest BCUT2D eigenvalue weighted by atomic mass is 32.2. The zero-order valence-electron chi connectivity index (χ0n) is 9.87. The fraction of sp³-hybridized carbons (Fsp3) is 0.444. The molecule has 0 radical (unpaired) electrons. The molecule has 98 valence electrons. The van der Waals surface area contributed by atoms with Crippen molar-refractivity contribution in [3.8, 4) is 12.3 Å². The van der Waals surface area contributed by atoms with Crippen molar-refractivity contribution in [1.82, 2.24) is 14.5 Å². The molecule has 0 fully saturated rings. The Bertz CT molecular complexity index is 573. The smallest absolute Gasteiger partial charge is 0.273 e. The highest BCUT2D eigenvalue weighted by Gasteiger charge is 2.27. The number of hydrogen-bond acceptors (Lipinski definition) is 6. The fourth-order valence-corrected chi connectivity index (χ4v) is 3.54. The van der Waals surface area contributed by atoms with Crippen molar-refractivity contribution < 1.29 is 13.2 Å². The van der Waals surface area contributed by atoms with Gasteiger partial charge in [-0.25, -0.2) is 8.42 Å². The predicted octanol–water partition coefficient (Wildman–Crippen LogP) is 0.140. The number of amides is 1. The van der Waals surface area contributed by atoms with E-state index in [1.165, 1.54) is 6.92 Å². The molecule has 0 saturated carbocycles. The van der Waals surface area contributed by atoms with Gasteiger partial charge in [-0.15, -0.1) is 16.6 Å². The third-order valence-corrected chi connectivity index (χ3v) is 4.98. The van der Waals surface area contributed by atoms with Crippen LogP contribution < -0.4 is 5.32 Å². The Balaban J connectivity index is 3.02. The van der Waals surface area contributed by atoms with Crippen molar-refractivity contribution in [1.29, 1.82) is 0 Å². The summed E-state index contributed by atoms with van der Waals surface area (Å²) in [5.74, 6) is 1.93. The topological polar surface area (TPSA) is 92.3 Å². The van der Waals surface area contributed by atoms with Crippen molar-refractivity contribution in [3.05, 3.63) is 0 Å². The van der Waals surface area contributed by atoms with Gasteiger partial charge in [-0.2, -0.15) is 4.31 Å². The molecule has 0 bridgehead atoms. The molecule has 1 amide bonds. The molecule has 1 N–H and O–H groups in total. The van der Waals surface area contributed by atoms with E-state index in [4.69, 9.17) is 6.42 Å². The van der Waals surface area contributed by atoms with Crippen LogP contribution in [0.3, 0.4) is 0 Å². The minimum absolute atomic E-state index is 0.0338. The van der Waals surface area contributed by atoms with Gasteiger partial charge in [-0.3, -0.25) is 4.79 Å². The molecule has 1 aromatic rings. The van der Waals surface area contributed by atoms with Crippen LogP contribution in [0.5, 0.6) is 0 Å². The molecule has 9 heteroatoms. The number of sulfonamides is 1. The van der Waals surface area contributed by atoms with Gasteiger partial charge in [0.15, 0.2) is 0 Å². The Hall–Kier alpha value is -1.50. The summed E-state index contributed by atoms with van der Waals surface area (Å²) in [6.07, 6.45) is 5.11. The van der Waals surface area contributed by atoms with Crippen LogP contribution in [-0.4, -0.2) is 41.9 Å². The summed E-state index contributed by atoms with van der Waals surface area (Å²) in [6.45, 7) is 3.17. The molecule has 1 aromatic heterocycles. The summed E-state index contributed by atoms with van der Waals surface area (Å²) in [7, 11) is -3.74. The molecule has 1 rings (SSSR count). The first-order chi connectivity index (χ1) is 8.41. The van der Waals surface area contributed by atoms with Crippen molar-refractivity contribution in [3.63, 3.8) is 0 Å². The molecule has 0 aliphatic rings. The largest absolute Gasteiger partial charge is 0.301 e. The molecule has 0 aliphatic heterocycles. The van der Waals surface area contributed by atoms with Crippen LogP contribution in [0.1, 0.15) is 13.8 Å². The van der Waals surface area contributed by atoms with Gasteiger partial charge in [-0.1, -0.05) is 24.2 Å². The first-order valence-corrected chi connectivity index (χ1v) is 7.22. The van der Waals surface area contributed by atoms with Crippen molar-refractivity contribution >= 4 is 32.4 Å². The van der Waals surface area contributed by atoms with Crippen molar-refractivity contribution in [2.45, 2.75) is 18.2 Å². The van der Waals surface area contributed by atoms with Crippen LogP contribution in [0, 0.1) is 12.3 Å². The molecule has 18 heavy (non-hydrogen) atoms. The Labute approximate surface area is 109 Å². The normalized spacial score (nSPS) is 11.2. The number of nitrogens with zero attached hydrogens (tertiary/aromatic N) is 3. The van der Waals surface area contributed by atoms with E-state index >= 15 is 0 Å². The number of hydrogen-bond donors (Lipinski definition) is 1. The lowest BCUT2D eigenvalue weighted by atomic mass is 10.6. The summed E-state index contributed by atoms with van der Waals surface area (Å²) in [4.78, 5) is 10.8. The SMILES string of the molecule is C#CCN(CC)S(=O)(=O)c1nnc(NC(C)=O)s1. The molecule has 1 heterocycles. The van der Waals surface area contributed by atoms with E-state index < -0.39 is 10.0 Å². The quantitative estimate of drug-likeness (QED) is 0.614. The van der Waals surface area contributed by atoms with E-state index in [0.29, 0.717) is 0 Å². The maximum atomic E-state index is 12.1. The van der Waals surface area contributed by atoms with Gasteiger partial charge in [0, 0.05) is 13.5 Å². The average molecular weight is 288 g/mol. The summed E-state index contributed by atoms with van der Waals surface area (Å²) >= 11 is 0.785. The number of aromatic nitrogens is 2. The Morgan fingerprint density at radius 1 is 1.56 bits per heavy atom. The van der Waals surface area contributed by atoms with E-state index in [2.05, 4.69) is 21.4 Å². The Kier molecular flexibility index (Phi) is 4.77. The molecule has 0 aliphatic carbocycles. The molecular weight excluding hydrogens is 276 g/mol. The maximum Gasteiger partial charge on any atom is 0.273 e. The van der Waals surface area contributed by atoms with E-state index in [-0.39, 0.29) is 28.5 Å². The number of nitrogens with one attached hydrogen (secondary N) is 1. The lowest BCUT2D eigenvalue weighted by Gasteiger charge is -2.14. The predicted molar refractivity (Wildman–Crippen MR) is 67.5 cm³/mol. The maximum absolute atomic E-state index is 12.1. The fourth-order valence-electron chi connectivity index (χ4n) is 1.09. The van der Waals surface area contributed by atoms with Gasteiger partial charge >= 0.3 is 0 Å². The van der Waals surface area contributed by atoms with Crippen LogP contribution >= 0.6 is 11.3 Å². The number of rotatable bonds is 5. The van der Waals surface area contributed by atoms with E-state index in [1.807, 2.05) is 0 Å². The number of carbonyl (C=O) groups excluding carboxylic acids is 1. The van der Waals surface area contributed by atoms with E-state index in [0.717, 1.165) is 15.6 Å². The highest BCUT2D eigenvalue weighted by Crippen LogP contribution is 2.22. The Morgan fingerprint density at radius 3 is 2.72 bits per heavy atom. The average Bonchev–Trinajstić information content (AvgIpc) is 2.73. The second-order valence-corrected chi connectivity index (χ2v) is 6.28. The first kappa shape index (κ1) is 14.6. The molecule has 0 aromatic carbocycles. The summed E-state index contributed by atoms with van der Waals surface area (Å²) in [5, 5.41) is 9.63. The van der Waals surface area contributed by atoms with Gasteiger partial charge in [0.1, 0.15) is 0 Å². The number of anilines is 1. The first-order valence-electron chi connectivity index (χ1n) is 4.96. The molecule has 0 unspecified atom stereocenters. The minimum atomic E-state index is -3.74. The summed E-state index contributed by atoms with van der Waals surface area (Å²) in [5.41, 5.74) is 0. The van der Waals surface area contributed by atoms with Gasteiger partial charge in [0.2, 0.25) is 15.4 Å². The number of carbonyl (C=O) groups is 1. The standard InChI is InChI=1S/C9H12N4O3S2/c1-4-6-13(5-2)18(15,16)9-12-11-8(17-9)10-7(3)14/h1H,5-6H2,2-3H3,(H,10,11,14). The summed E-state index contributed by atoms with van der Waals surface area (Å²) < 4.78 is 25.1. The zero-order valence-corrected chi connectivity index (χ0v) is 11.5. The van der Waals surface area contributed by atoms with Crippen molar-refractivity contribution in [2.24, 2.45) is 0 Å². The van der Waals surface area contributed by atoms with Gasteiger partial charge < -0.3 is 5.32 Å². The minimum Gasteiger partial charge on any atom is -0.301 e. The lowest BCUT2D eigenvalue weighted by Crippen LogP contribution is -2.31. The van der Waals surface area contributed by atoms with Crippen LogP contribution in [-0.2, 0) is 14.8 Å². The molecule has 0 spiro atoms. The zero-order chi connectivity index (χ0) is 13.8. The molecule has 7 nitrogen and oxygen atoms in total. The second kappa shape index (κ2) is 5.90. The monoisotopic (exact) mass is 288 g/mol. The second-order valence-electron chi connectivity index (χ2n) is 3.19. The highest BCUT2D eigenvalue weighted by molar-refractivity contribution is 7.91. The summed E-state index contributed by atoms with van der Waals surface area (Å²) in [6, 6.07) is 0. The van der Waals surface area contributed by atoms with Gasteiger partial charge in [0.05, 0.1) is 6.54 Å². The van der Waals surface area contributed by atoms with Crippen molar-refractivity contribution in [2.75, 3.05) is 18.4 Å². The third-order valence-electron chi connectivity index (χ3n) is 1.87. The van der Waals surface area contributed by atoms with Crippen LogP contribution in [0.2, 0.25) is 0 Å². The van der Waals surface area contributed by atoms with Crippen LogP contribution in [0.4, 0.5) is 5.13 Å². The van der Waals surface area contributed by atoms with Crippen LogP contribution in [0.15, 0.2) is 4.34 Å².